The van der Waals surface area contributed by atoms with Crippen molar-refractivity contribution in [1.29, 1.82) is 0 Å². The Kier molecular flexibility index (Phi) is 4.34. The van der Waals surface area contributed by atoms with Gasteiger partial charge in [0.15, 0.2) is 0 Å². The van der Waals surface area contributed by atoms with E-state index >= 15 is 0 Å². The predicted octanol–water partition coefficient (Wildman–Crippen LogP) is 2.55. The first-order chi connectivity index (χ1) is 12.7. The number of carbonyl (C=O) groups excluding carboxylic acids is 1. The molecule has 26 heavy (non-hydrogen) atoms. The quantitative estimate of drug-likeness (QED) is 0.704. The summed E-state index contributed by atoms with van der Waals surface area (Å²) in [5.41, 5.74) is 1.92. The first kappa shape index (κ1) is 16.6. The molecule has 7 nitrogen and oxygen atoms in total. The van der Waals surface area contributed by atoms with Crippen LogP contribution in [0.2, 0.25) is 0 Å². The number of benzene rings is 1. The summed E-state index contributed by atoms with van der Waals surface area (Å²) >= 11 is 1.42. The number of amides is 1. The van der Waals surface area contributed by atoms with E-state index in [1.807, 2.05) is 35.7 Å². The van der Waals surface area contributed by atoms with Crippen molar-refractivity contribution in [2.75, 3.05) is 18.6 Å². The van der Waals surface area contributed by atoms with E-state index in [1.54, 1.807) is 12.0 Å². The van der Waals surface area contributed by atoms with E-state index in [-0.39, 0.29) is 18.3 Å². The Bertz CT molecular complexity index is 990. The lowest BCUT2D eigenvalue weighted by atomic mass is 10.0. The number of hydrogen-bond acceptors (Lipinski definition) is 6. The molecular formula is C18H17N3O4S. The van der Waals surface area contributed by atoms with Crippen molar-refractivity contribution in [2.45, 2.75) is 19.4 Å². The maximum absolute atomic E-state index is 12.8. The van der Waals surface area contributed by atoms with Gasteiger partial charge in [0.1, 0.15) is 12.3 Å². The Morgan fingerprint density at radius 2 is 2.27 bits per heavy atom. The molecule has 0 N–H and O–H groups in total. The third-order valence-electron chi connectivity index (χ3n) is 4.33. The van der Waals surface area contributed by atoms with Crippen LogP contribution in [-0.2, 0) is 17.8 Å². The minimum Gasteiger partial charge on any atom is -0.497 e. The number of thiophene rings is 1. The van der Waals surface area contributed by atoms with Crippen molar-refractivity contribution in [3.05, 3.63) is 51.8 Å². The van der Waals surface area contributed by atoms with Gasteiger partial charge in [-0.2, -0.15) is 4.68 Å². The van der Waals surface area contributed by atoms with Crippen LogP contribution in [0, 0.1) is 0 Å². The number of anilines is 1. The molecule has 0 saturated carbocycles. The average molecular weight is 371 g/mol. The fourth-order valence-electron chi connectivity index (χ4n) is 3.08. The number of methoxy groups -OCH3 is 1. The number of aryl methyl sites for hydroxylation is 1. The van der Waals surface area contributed by atoms with Gasteiger partial charge in [-0.3, -0.25) is 4.79 Å². The number of fused-ring (bicyclic) bond motifs is 1. The maximum Gasteiger partial charge on any atom is 0.437 e. The van der Waals surface area contributed by atoms with Crippen LogP contribution in [0.5, 0.6) is 5.75 Å². The SMILES string of the molecule is COc1ccc2c(c1)CCCN2C(=O)Cn1nc(-c2cccs2)oc1=O. The molecule has 4 rings (SSSR count). The van der Waals surface area contributed by atoms with Crippen molar-refractivity contribution in [2.24, 2.45) is 0 Å². The predicted molar refractivity (Wildman–Crippen MR) is 97.7 cm³/mol. The highest BCUT2D eigenvalue weighted by Gasteiger charge is 2.24. The first-order valence-corrected chi connectivity index (χ1v) is 9.13. The highest BCUT2D eigenvalue weighted by Crippen LogP contribution is 2.30. The zero-order chi connectivity index (χ0) is 18.1. The number of ether oxygens (including phenoxy) is 1. The van der Waals surface area contributed by atoms with E-state index in [0.717, 1.165) is 39.4 Å². The number of carbonyl (C=O) groups is 1. The zero-order valence-electron chi connectivity index (χ0n) is 14.2. The number of nitrogens with zero attached hydrogens (tertiary/aromatic N) is 3. The van der Waals surface area contributed by atoms with E-state index in [0.29, 0.717) is 6.54 Å². The normalized spacial score (nSPS) is 13.5. The number of hydrogen-bond donors (Lipinski definition) is 0. The zero-order valence-corrected chi connectivity index (χ0v) is 15.0. The van der Waals surface area contributed by atoms with Crippen LogP contribution in [0.1, 0.15) is 12.0 Å². The third kappa shape index (κ3) is 3.03. The molecule has 0 aliphatic carbocycles. The molecule has 8 heteroatoms. The van der Waals surface area contributed by atoms with Crippen molar-refractivity contribution in [3.8, 4) is 16.5 Å². The smallest absolute Gasteiger partial charge is 0.437 e. The maximum atomic E-state index is 12.8. The fourth-order valence-corrected chi connectivity index (χ4v) is 3.72. The summed E-state index contributed by atoms with van der Waals surface area (Å²) in [6.07, 6.45) is 1.75. The Hall–Kier alpha value is -2.87. The summed E-state index contributed by atoms with van der Waals surface area (Å²) in [5, 5.41) is 6.02. The van der Waals surface area contributed by atoms with Gasteiger partial charge >= 0.3 is 5.76 Å². The molecule has 3 heterocycles. The molecule has 1 aromatic carbocycles. The first-order valence-electron chi connectivity index (χ1n) is 8.25. The molecule has 0 fully saturated rings. The molecule has 0 saturated heterocycles. The fraction of sp³-hybridized carbons (Fsp3) is 0.278. The molecule has 134 valence electrons. The summed E-state index contributed by atoms with van der Waals surface area (Å²) in [5.74, 6) is 0.186. The molecule has 1 aliphatic heterocycles. The van der Waals surface area contributed by atoms with Gasteiger partial charge in [0, 0.05) is 12.2 Å². The summed E-state index contributed by atoms with van der Waals surface area (Å²) in [7, 11) is 1.62. The van der Waals surface area contributed by atoms with Gasteiger partial charge in [-0.25, -0.2) is 4.79 Å². The minimum absolute atomic E-state index is 0.154. The highest BCUT2D eigenvalue weighted by molar-refractivity contribution is 7.13. The molecular weight excluding hydrogens is 354 g/mol. The minimum atomic E-state index is -0.631. The molecule has 0 unspecified atom stereocenters. The summed E-state index contributed by atoms with van der Waals surface area (Å²) in [4.78, 5) is 27.3. The summed E-state index contributed by atoms with van der Waals surface area (Å²) < 4.78 is 11.5. The second-order valence-corrected chi connectivity index (χ2v) is 6.90. The largest absolute Gasteiger partial charge is 0.497 e. The molecule has 0 bridgehead atoms. The molecule has 0 atom stereocenters. The highest BCUT2D eigenvalue weighted by atomic mass is 32.1. The standard InChI is InChI=1S/C18H17N3O4S/c1-24-13-6-7-14-12(10-13)4-2-8-20(14)16(22)11-21-18(23)25-17(19-21)15-5-3-9-26-15/h3,5-7,9-10H,2,4,8,11H2,1H3. The van der Waals surface area contributed by atoms with E-state index in [4.69, 9.17) is 9.15 Å². The number of rotatable bonds is 4. The molecule has 1 amide bonds. The Morgan fingerprint density at radius 3 is 3.04 bits per heavy atom. The van der Waals surface area contributed by atoms with Gasteiger partial charge in [0.25, 0.3) is 5.89 Å². The van der Waals surface area contributed by atoms with E-state index < -0.39 is 5.76 Å². The average Bonchev–Trinajstić information content (AvgIpc) is 3.31. The van der Waals surface area contributed by atoms with Crippen molar-refractivity contribution >= 4 is 22.9 Å². The second-order valence-electron chi connectivity index (χ2n) is 5.95. The lowest BCUT2D eigenvalue weighted by Gasteiger charge is -2.29. The lowest BCUT2D eigenvalue weighted by Crippen LogP contribution is -2.39. The topological polar surface area (TPSA) is 77.6 Å². The lowest BCUT2D eigenvalue weighted by molar-refractivity contribution is -0.119. The Morgan fingerprint density at radius 1 is 1.38 bits per heavy atom. The third-order valence-corrected chi connectivity index (χ3v) is 5.19. The van der Waals surface area contributed by atoms with E-state index in [9.17, 15) is 9.59 Å². The van der Waals surface area contributed by atoms with E-state index in [2.05, 4.69) is 5.10 Å². The summed E-state index contributed by atoms with van der Waals surface area (Å²) in [6, 6.07) is 9.33. The van der Waals surface area contributed by atoms with Gasteiger partial charge < -0.3 is 14.1 Å². The van der Waals surface area contributed by atoms with E-state index in [1.165, 1.54) is 11.3 Å². The van der Waals surface area contributed by atoms with Crippen molar-refractivity contribution < 1.29 is 13.9 Å². The van der Waals surface area contributed by atoms with Crippen LogP contribution >= 0.6 is 11.3 Å². The van der Waals surface area contributed by atoms with Gasteiger partial charge in [-0.1, -0.05) is 6.07 Å². The molecule has 0 radical (unpaired) electrons. The number of aromatic nitrogens is 2. The molecule has 0 spiro atoms. The van der Waals surface area contributed by atoms with Crippen LogP contribution in [0.3, 0.4) is 0 Å². The van der Waals surface area contributed by atoms with Crippen LogP contribution < -0.4 is 15.4 Å². The van der Waals surface area contributed by atoms with Crippen LogP contribution in [0.25, 0.3) is 10.8 Å². The Labute approximate surface area is 153 Å². The van der Waals surface area contributed by atoms with Crippen molar-refractivity contribution in [3.63, 3.8) is 0 Å². The molecule has 2 aromatic heterocycles. The van der Waals surface area contributed by atoms with Crippen LogP contribution in [-0.4, -0.2) is 29.3 Å². The van der Waals surface area contributed by atoms with Gasteiger partial charge in [-0.05, 0) is 48.1 Å². The second kappa shape index (κ2) is 6.80. The molecule has 1 aliphatic rings. The van der Waals surface area contributed by atoms with Gasteiger partial charge in [-0.15, -0.1) is 16.4 Å². The summed E-state index contributed by atoms with van der Waals surface area (Å²) in [6.45, 7) is 0.460. The monoisotopic (exact) mass is 371 g/mol. The van der Waals surface area contributed by atoms with Gasteiger partial charge in [0.05, 0.1) is 12.0 Å². The Balaban J connectivity index is 1.58. The van der Waals surface area contributed by atoms with Gasteiger partial charge in [0.2, 0.25) is 5.91 Å². The van der Waals surface area contributed by atoms with Crippen molar-refractivity contribution in [1.82, 2.24) is 9.78 Å². The van der Waals surface area contributed by atoms with Crippen LogP contribution in [0.4, 0.5) is 5.69 Å². The molecule has 3 aromatic rings. The van der Waals surface area contributed by atoms with Crippen LogP contribution in [0.15, 0.2) is 44.9 Å².